The van der Waals surface area contributed by atoms with E-state index in [0.29, 0.717) is 5.56 Å². The highest BCUT2D eigenvalue weighted by molar-refractivity contribution is 7.18. The van der Waals surface area contributed by atoms with E-state index in [0.717, 1.165) is 15.2 Å². The van der Waals surface area contributed by atoms with E-state index in [1.165, 1.54) is 17.4 Å². The largest absolute Gasteiger partial charge is 0.299 e. The number of fused-ring (bicyclic) bond motifs is 1. The molecule has 2 aromatic carbocycles. The number of carbonyl (C=O) groups excluding carboxylic acids is 1. The Balaban J connectivity index is 1.75. The van der Waals surface area contributed by atoms with Gasteiger partial charge in [-0.25, -0.2) is 9.37 Å². The van der Waals surface area contributed by atoms with Gasteiger partial charge in [0.15, 0.2) is 0 Å². The molecule has 0 N–H and O–H groups in total. The maximum atomic E-state index is 13.8. The fourth-order valence-corrected chi connectivity index (χ4v) is 3.31. The lowest BCUT2D eigenvalue weighted by atomic mass is 10.1. The summed E-state index contributed by atoms with van der Waals surface area (Å²) in [4.78, 5) is 16.5. The molecule has 1 aromatic heterocycles. The summed E-state index contributed by atoms with van der Waals surface area (Å²) in [5.41, 5.74) is 1.22. The van der Waals surface area contributed by atoms with Crippen LogP contribution < -0.4 is 0 Å². The minimum absolute atomic E-state index is 0.0301. The van der Waals surface area contributed by atoms with Crippen LogP contribution in [0.4, 0.5) is 4.39 Å². The van der Waals surface area contributed by atoms with Crippen molar-refractivity contribution in [3.63, 3.8) is 0 Å². The number of para-hydroxylation sites is 1. The Morgan fingerprint density at radius 2 is 1.95 bits per heavy atom. The number of hydrogen-bond acceptors (Lipinski definition) is 3. The first-order chi connectivity index (χ1) is 10.1. The van der Waals surface area contributed by atoms with Crippen molar-refractivity contribution in [3.8, 4) is 0 Å². The van der Waals surface area contributed by atoms with E-state index in [9.17, 15) is 9.18 Å². The molecule has 0 bridgehead atoms. The third-order valence-corrected chi connectivity index (χ3v) is 4.43. The van der Waals surface area contributed by atoms with Crippen molar-refractivity contribution in [2.24, 2.45) is 0 Å². The first kappa shape index (κ1) is 14.2. The lowest BCUT2D eigenvalue weighted by Crippen LogP contribution is -2.07. The number of ketones is 1. The van der Waals surface area contributed by atoms with E-state index in [1.54, 1.807) is 12.1 Å². The van der Waals surface area contributed by atoms with E-state index < -0.39 is 5.82 Å². The molecule has 0 spiro atoms. The third kappa shape index (κ3) is 3.12. The van der Waals surface area contributed by atoms with Crippen LogP contribution in [0.2, 0.25) is 5.02 Å². The van der Waals surface area contributed by atoms with Gasteiger partial charge in [-0.15, -0.1) is 11.3 Å². The van der Waals surface area contributed by atoms with Crippen LogP contribution in [-0.4, -0.2) is 10.8 Å². The SMILES string of the molecule is O=C(Cc1nc2ccccc2s1)Cc1cccc(Cl)c1F. The molecular weight excluding hydrogens is 309 g/mol. The average Bonchev–Trinajstić information content (AvgIpc) is 2.86. The van der Waals surface area contributed by atoms with Crippen molar-refractivity contribution in [1.29, 1.82) is 0 Å². The molecule has 2 nitrogen and oxygen atoms in total. The molecule has 0 radical (unpaired) electrons. The second-order valence-corrected chi connectivity index (χ2v) is 6.20. The van der Waals surface area contributed by atoms with Crippen molar-refractivity contribution in [3.05, 3.63) is 63.9 Å². The van der Waals surface area contributed by atoms with E-state index >= 15 is 0 Å². The van der Waals surface area contributed by atoms with Crippen LogP contribution in [0.1, 0.15) is 10.6 Å². The molecule has 0 saturated carbocycles. The molecule has 106 valence electrons. The topological polar surface area (TPSA) is 30.0 Å². The predicted octanol–water partition coefficient (Wildman–Crippen LogP) is 4.44. The molecule has 0 atom stereocenters. The van der Waals surface area contributed by atoms with Crippen LogP contribution in [0.15, 0.2) is 42.5 Å². The minimum atomic E-state index is -0.517. The van der Waals surface area contributed by atoms with Gasteiger partial charge in [-0.2, -0.15) is 0 Å². The molecule has 0 aliphatic rings. The molecule has 21 heavy (non-hydrogen) atoms. The number of hydrogen-bond donors (Lipinski definition) is 0. The number of nitrogens with zero attached hydrogens (tertiary/aromatic N) is 1. The lowest BCUT2D eigenvalue weighted by molar-refractivity contribution is -0.117. The summed E-state index contributed by atoms with van der Waals surface area (Å²) in [6.45, 7) is 0. The molecular formula is C16H11ClFNOS. The van der Waals surface area contributed by atoms with Crippen LogP contribution in [0, 0.1) is 5.82 Å². The first-order valence-electron chi connectivity index (χ1n) is 6.42. The van der Waals surface area contributed by atoms with Gasteiger partial charge >= 0.3 is 0 Å². The highest BCUT2D eigenvalue weighted by Crippen LogP contribution is 2.23. The predicted molar refractivity (Wildman–Crippen MR) is 83.4 cm³/mol. The highest BCUT2D eigenvalue weighted by atomic mass is 35.5. The normalized spacial score (nSPS) is 11.0. The van der Waals surface area contributed by atoms with Crippen LogP contribution in [0.25, 0.3) is 10.2 Å². The third-order valence-electron chi connectivity index (χ3n) is 3.11. The number of benzene rings is 2. The Morgan fingerprint density at radius 1 is 1.14 bits per heavy atom. The second-order valence-electron chi connectivity index (χ2n) is 4.68. The highest BCUT2D eigenvalue weighted by Gasteiger charge is 2.13. The van der Waals surface area contributed by atoms with Crippen molar-refractivity contribution in [2.45, 2.75) is 12.8 Å². The summed E-state index contributed by atoms with van der Waals surface area (Å²) in [6.07, 6.45) is 0.244. The van der Waals surface area contributed by atoms with Gasteiger partial charge in [0.2, 0.25) is 0 Å². The lowest BCUT2D eigenvalue weighted by Gasteiger charge is -2.03. The molecule has 0 unspecified atom stereocenters. The summed E-state index contributed by atoms with van der Waals surface area (Å²) >= 11 is 7.21. The molecule has 3 aromatic rings. The van der Waals surface area contributed by atoms with Crippen molar-refractivity contribution < 1.29 is 9.18 Å². The van der Waals surface area contributed by atoms with Crippen molar-refractivity contribution >= 4 is 38.9 Å². The van der Waals surface area contributed by atoms with E-state index in [1.807, 2.05) is 24.3 Å². The molecule has 1 heterocycles. The van der Waals surface area contributed by atoms with Gasteiger partial charge in [0.1, 0.15) is 16.6 Å². The van der Waals surface area contributed by atoms with E-state index in [-0.39, 0.29) is 23.6 Å². The smallest absolute Gasteiger partial charge is 0.145 e. The van der Waals surface area contributed by atoms with Gasteiger partial charge < -0.3 is 0 Å². The zero-order valence-corrected chi connectivity index (χ0v) is 12.5. The van der Waals surface area contributed by atoms with E-state index in [4.69, 9.17) is 11.6 Å². The number of halogens is 2. The van der Waals surface area contributed by atoms with Crippen LogP contribution >= 0.6 is 22.9 Å². The molecule has 0 aliphatic heterocycles. The van der Waals surface area contributed by atoms with Crippen molar-refractivity contribution in [1.82, 2.24) is 4.98 Å². The molecule has 0 amide bonds. The second kappa shape index (κ2) is 5.92. The van der Waals surface area contributed by atoms with E-state index in [2.05, 4.69) is 4.98 Å². The van der Waals surface area contributed by atoms with Gasteiger partial charge in [-0.05, 0) is 23.8 Å². The summed E-state index contributed by atoms with van der Waals surface area (Å²) in [5, 5.41) is 0.795. The number of Topliss-reactive ketones (excluding diaryl/α,β-unsaturated/α-hetero) is 1. The fourth-order valence-electron chi connectivity index (χ4n) is 2.12. The Morgan fingerprint density at radius 3 is 2.76 bits per heavy atom. The summed E-state index contributed by atoms with van der Waals surface area (Å²) in [5.74, 6) is -0.591. The van der Waals surface area contributed by atoms with Crippen LogP contribution in [-0.2, 0) is 17.6 Å². The maximum absolute atomic E-state index is 13.8. The molecule has 0 fully saturated rings. The monoisotopic (exact) mass is 319 g/mol. The van der Waals surface area contributed by atoms with Crippen LogP contribution in [0.3, 0.4) is 0 Å². The number of rotatable bonds is 4. The Hall–Kier alpha value is -1.78. The maximum Gasteiger partial charge on any atom is 0.145 e. The van der Waals surface area contributed by atoms with Gasteiger partial charge in [0.25, 0.3) is 0 Å². The van der Waals surface area contributed by atoms with Gasteiger partial charge in [0, 0.05) is 6.42 Å². The Bertz CT molecular complexity index is 782. The Labute approximate surface area is 130 Å². The summed E-state index contributed by atoms with van der Waals surface area (Å²) < 4.78 is 14.8. The fraction of sp³-hybridized carbons (Fsp3) is 0.125. The first-order valence-corrected chi connectivity index (χ1v) is 7.62. The van der Waals surface area contributed by atoms with Crippen molar-refractivity contribution in [2.75, 3.05) is 0 Å². The standard InChI is InChI=1S/C16H11ClFNOS/c17-12-5-3-4-10(16(12)18)8-11(20)9-15-19-13-6-1-2-7-14(13)21-15/h1-7H,8-9H2. The number of thiazole rings is 1. The zero-order valence-electron chi connectivity index (χ0n) is 11.0. The number of aromatic nitrogens is 1. The molecule has 3 rings (SSSR count). The molecule has 0 aliphatic carbocycles. The van der Waals surface area contributed by atoms with Gasteiger partial charge in [-0.3, -0.25) is 4.79 Å². The Kier molecular flexibility index (Phi) is 3.99. The zero-order chi connectivity index (χ0) is 14.8. The van der Waals surface area contributed by atoms with Gasteiger partial charge in [-0.1, -0.05) is 35.9 Å². The average molecular weight is 320 g/mol. The molecule has 5 heteroatoms. The number of carbonyl (C=O) groups is 1. The minimum Gasteiger partial charge on any atom is -0.299 e. The van der Waals surface area contributed by atoms with Crippen LogP contribution in [0.5, 0.6) is 0 Å². The quantitative estimate of drug-likeness (QED) is 0.711. The summed E-state index contributed by atoms with van der Waals surface area (Å²) in [6, 6.07) is 12.4. The molecule has 0 saturated heterocycles. The summed E-state index contributed by atoms with van der Waals surface area (Å²) in [7, 11) is 0. The van der Waals surface area contributed by atoms with Gasteiger partial charge in [0.05, 0.1) is 21.7 Å².